The third-order valence-electron chi connectivity index (χ3n) is 4.10. The van der Waals surface area contributed by atoms with Gasteiger partial charge in [0.15, 0.2) is 0 Å². The summed E-state index contributed by atoms with van der Waals surface area (Å²) in [5.74, 6) is 0.303. The maximum absolute atomic E-state index is 11.6. The Morgan fingerprint density at radius 3 is 3.00 bits per heavy atom. The van der Waals surface area contributed by atoms with Crippen LogP contribution in [-0.2, 0) is 11.3 Å². The molecule has 1 aromatic heterocycles. The summed E-state index contributed by atoms with van der Waals surface area (Å²) in [6.07, 6.45) is 3.56. The first-order valence-corrected chi connectivity index (χ1v) is 7.53. The quantitative estimate of drug-likeness (QED) is 0.845. The van der Waals surface area contributed by atoms with Crippen LogP contribution in [0.15, 0.2) is 36.5 Å². The van der Waals surface area contributed by atoms with E-state index < -0.39 is 0 Å². The van der Waals surface area contributed by atoms with Gasteiger partial charge in [-0.2, -0.15) is 0 Å². The van der Waals surface area contributed by atoms with E-state index in [2.05, 4.69) is 35.1 Å². The Morgan fingerprint density at radius 1 is 1.29 bits per heavy atom. The third-order valence-corrected chi connectivity index (χ3v) is 4.10. The fourth-order valence-corrected chi connectivity index (χ4v) is 2.91. The summed E-state index contributed by atoms with van der Waals surface area (Å²) in [5.41, 5.74) is 2.33. The minimum Gasteiger partial charge on any atom is -0.341 e. The van der Waals surface area contributed by atoms with E-state index in [9.17, 15) is 4.79 Å². The van der Waals surface area contributed by atoms with E-state index in [0.717, 1.165) is 44.5 Å². The first kappa shape index (κ1) is 14.0. The molecule has 0 radical (unpaired) electrons. The van der Waals surface area contributed by atoms with E-state index in [1.54, 1.807) is 0 Å². The molecule has 1 amide bonds. The summed E-state index contributed by atoms with van der Waals surface area (Å²) in [5, 5.41) is 1.21. The van der Waals surface area contributed by atoms with Crippen molar-refractivity contribution in [3.8, 4) is 0 Å². The molecule has 0 atom stereocenters. The smallest absolute Gasteiger partial charge is 0.222 e. The highest BCUT2D eigenvalue weighted by molar-refractivity contribution is 5.81. The van der Waals surface area contributed by atoms with E-state index in [4.69, 9.17) is 0 Å². The summed E-state index contributed by atoms with van der Waals surface area (Å²) in [6.45, 7) is 3.54. The average Bonchev–Trinajstić information content (AvgIpc) is 2.91. The molecule has 0 aliphatic carbocycles. The van der Waals surface area contributed by atoms with E-state index in [-0.39, 0.29) is 0 Å². The van der Waals surface area contributed by atoms with Gasteiger partial charge in [0.25, 0.3) is 0 Å². The Morgan fingerprint density at radius 2 is 2.19 bits per heavy atom. The maximum Gasteiger partial charge on any atom is 0.222 e. The second-order valence-corrected chi connectivity index (χ2v) is 5.71. The SMILES string of the molecule is CN(CCN1CCCC1=O)Cc1cccc2ncccc12. The topological polar surface area (TPSA) is 36.4 Å². The number of benzene rings is 1. The number of hydrogen-bond donors (Lipinski definition) is 0. The van der Waals surface area contributed by atoms with Gasteiger partial charge in [-0.15, -0.1) is 0 Å². The summed E-state index contributed by atoms with van der Waals surface area (Å²) < 4.78 is 0. The van der Waals surface area contributed by atoms with Crippen LogP contribution in [0.3, 0.4) is 0 Å². The lowest BCUT2D eigenvalue weighted by Crippen LogP contribution is -2.33. The summed E-state index contributed by atoms with van der Waals surface area (Å²) in [4.78, 5) is 20.3. The molecule has 1 aliphatic heterocycles. The van der Waals surface area contributed by atoms with Gasteiger partial charge in [0, 0.05) is 44.2 Å². The molecule has 1 aliphatic rings. The Bertz CT molecular complexity index is 635. The van der Waals surface area contributed by atoms with Gasteiger partial charge in [-0.25, -0.2) is 0 Å². The Labute approximate surface area is 125 Å². The third kappa shape index (κ3) is 3.22. The van der Waals surface area contributed by atoms with Gasteiger partial charge in [0.2, 0.25) is 5.91 Å². The normalized spacial score (nSPS) is 15.3. The molecule has 1 aromatic carbocycles. The van der Waals surface area contributed by atoms with Gasteiger partial charge in [-0.1, -0.05) is 18.2 Å². The first-order chi connectivity index (χ1) is 10.2. The van der Waals surface area contributed by atoms with Gasteiger partial charge in [0.05, 0.1) is 5.52 Å². The van der Waals surface area contributed by atoms with Crippen molar-refractivity contribution < 1.29 is 4.79 Å². The number of carbonyl (C=O) groups is 1. The molecule has 0 N–H and O–H groups in total. The van der Waals surface area contributed by atoms with Crippen molar-refractivity contribution in [1.29, 1.82) is 0 Å². The Balaban J connectivity index is 1.63. The van der Waals surface area contributed by atoms with Crippen molar-refractivity contribution in [1.82, 2.24) is 14.8 Å². The molecule has 1 fully saturated rings. The number of nitrogens with zero attached hydrogens (tertiary/aromatic N) is 3. The number of aromatic nitrogens is 1. The summed E-state index contributed by atoms with van der Waals surface area (Å²) >= 11 is 0. The fraction of sp³-hybridized carbons (Fsp3) is 0.412. The molecule has 1 saturated heterocycles. The zero-order valence-corrected chi connectivity index (χ0v) is 12.5. The average molecular weight is 283 g/mol. The number of likely N-dealkylation sites (tertiary alicyclic amines) is 1. The van der Waals surface area contributed by atoms with Crippen molar-refractivity contribution in [2.24, 2.45) is 0 Å². The zero-order chi connectivity index (χ0) is 14.7. The van der Waals surface area contributed by atoms with Crippen LogP contribution in [0.5, 0.6) is 0 Å². The minimum atomic E-state index is 0.303. The lowest BCUT2D eigenvalue weighted by Gasteiger charge is -2.22. The number of likely N-dealkylation sites (N-methyl/N-ethyl adjacent to an activating group) is 1. The highest BCUT2D eigenvalue weighted by atomic mass is 16.2. The number of hydrogen-bond acceptors (Lipinski definition) is 3. The number of fused-ring (bicyclic) bond motifs is 1. The Kier molecular flexibility index (Phi) is 4.15. The molecule has 3 rings (SSSR count). The molecule has 4 nitrogen and oxygen atoms in total. The van der Waals surface area contributed by atoms with E-state index >= 15 is 0 Å². The molecule has 21 heavy (non-hydrogen) atoms. The second kappa shape index (κ2) is 6.22. The highest BCUT2D eigenvalue weighted by Crippen LogP contribution is 2.18. The summed E-state index contributed by atoms with van der Waals surface area (Å²) in [7, 11) is 2.11. The molecule has 2 aromatic rings. The number of pyridine rings is 1. The van der Waals surface area contributed by atoms with Crippen molar-refractivity contribution in [3.05, 3.63) is 42.1 Å². The van der Waals surface area contributed by atoms with Crippen LogP contribution in [0.4, 0.5) is 0 Å². The van der Waals surface area contributed by atoms with Crippen LogP contribution < -0.4 is 0 Å². The van der Waals surface area contributed by atoms with Crippen molar-refractivity contribution in [2.45, 2.75) is 19.4 Å². The van der Waals surface area contributed by atoms with Gasteiger partial charge in [-0.05, 0) is 31.2 Å². The molecule has 0 unspecified atom stereocenters. The van der Waals surface area contributed by atoms with Crippen LogP contribution in [-0.4, -0.2) is 47.4 Å². The molecule has 0 bridgehead atoms. The summed E-state index contributed by atoms with van der Waals surface area (Å²) in [6, 6.07) is 10.4. The van der Waals surface area contributed by atoms with Crippen LogP contribution in [0.1, 0.15) is 18.4 Å². The van der Waals surface area contributed by atoms with Crippen molar-refractivity contribution >= 4 is 16.8 Å². The second-order valence-electron chi connectivity index (χ2n) is 5.71. The molecule has 110 valence electrons. The predicted molar refractivity (Wildman–Crippen MR) is 83.9 cm³/mol. The van der Waals surface area contributed by atoms with Crippen molar-refractivity contribution in [2.75, 3.05) is 26.7 Å². The predicted octanol–water partition coefficient (Wildman–Crippen LogP) is 2.29. The maximum atomic E-state index is 11.6. The molecule has 0 spiro atoms. The molecule has 2 heterocycles. The van der Waals surface area contributed by atoms with Crippen LogP contribution in [0.2, 0.25) is 0 Å². The van der Waals surface area contributed by atoms with E-state index in [1.165, 1.54) is 10.9 Å². The largest absolute Gasteiger partial charge is 0.341 e. The lowest BCUT2D eigenvalue weighted by atomic mass is 10.1. The molecular weight excluding hydrogens is 262 g/mol. The molecular formula is C17H21N3O. The minimum absolute atomic E-state index is 0.303. The van der Waals surface area contributed by atoms with Gasteiger partial charge in [0.1, 0.15) is 0 Å². The molecule has 4 heteroatoms. The van der Waals surface area contributed by atoms with Crippen LogP contribution in [0, 0.1) is 0 Å². The first-order valence-electron chi connectivity index (χ1n) is 7.53. The van der Waals surface area contributed by atoms with Gasteiger partial charge < -0.3 is 9.80 Å². The Hall–Kier alpha value is -1.94. The fourth-order valence-electron chi connectivity index (χ4n) is 2.91. The lowest BCUT2D eigenvalue weighted by molar-refractivity contribution is -0.127. The standard InChI is InChI=1S/C17H21N3O/c1-19(11-12-20-10-4-8-17(20)21)13-14-5-2-7-16-15(14)6-3-9-18-16/h2-3,5-7,9H,4,8,10-13H2,1H3. The zero-order valence-electron chi connectivity index (χ0n) is 12.5. The monoisotopic (exact) mass is 283 g/mol. The van der Waals surface area contributed by atoms with Crippen LogP contribution in [0.25, 0.3) is 10.9 Å². The van der Waals surface area contributed by atoms with E-state index in [0.29, 0.717) is 5.91 Å². The van der Waals surface area contributed by atoms with Gasteiger partial charge in [-0.3, -0.25) is 9.78 Å². The van der Waals surface area contributed by atoms with E-state index in [1.807, 2.05) is 23.2 Å². The highest BCUT2D eigenvalue weighted by Gasteiger charge is 2.19. The number of carbonyl (C=O) groups excluding carboxylic acids is 1. The van der Waals surface area contributed by atoms with Gasteiger partial charge >= 0.3 is 0 Å². The molecule has 0 saturated carbocycles. The van der Waals surface area contributed by atoms with Crippen molar-refractivity contribution in [3.63, 3.8) is 0 Å². The number of amides is 1. The number of rotatable bonds is 5. The van der Waals surface area contributed by atoms with Crippen LogP contribution >= 0.6 is 0 Å².